The minimum Gasteiger partial charge on any atom is -0.493 e. The topological polar surface area (TPSA) is 33.7 Å². The van der Waals surface area contributed by atoms with Crippen LogP contribution in [0.5, 0.6) is 11.5 Å². The summed E-state index contributed by atoms with van der Waals surface area (Å²) in [6.07, 6.45) is 0. The van der Waals surface area contributed by atoms with Crippen LogP contribution in [0.2, 0.25) is 0 Å². The Hall–Kier alpha value is -1.33. The molecule has 1 fully saturated rings. The third-order valence-electron chi connectivity index (χ3n) is 3.79. The number of piperazine rings is 1. The van der Waals surface area contributed by atoms with Crippen LogP contribution in [0.1, 0.15) is 25.0 Å². The third kappa shape index (κ3) is 3.86. The van der Waals surface area contributed by atoms with Gasteiger partial charge in [0.25, 0.3) is 0 Å². The summed E-state index contributed by atoms with van der Waals surface area (Å²) in [7, 11) is 3.13. The molecule has 0 atom stereocenters. The van der Waals surface area contributed by atoms with Crippen LogP contribution >= 0.6 is 0 Å². The minimum atomic E-state index is -1.47. The van der Waals surface area contributed by atoms with Gasteiger partial charge in [-0.05, 0) is 31.5 Å². The zero-order chi connectivity index (χ0) is 15.5. The number of ether oxygens (including phenoxy) is 2. The van der Waals surface area contributed by atoms with Gasteiger partial charge >= 0.3 is 0 Å². The van der Waals surface area contributed by atoms with Gasteiger partial charge in [0.2, 0.25) is 0 Å². The highest BCUT2D eigenvalue weighted by molar-refractivity contribution is 5.51. The Balaban J connectivity index is 2.33. The second kappa shape index (κ2) is 6.62. The molecule has 0 bridgehead atoms. The first-order valence-corrected chi connectivity index (χ1v) is 7.33. The Morgan fingerprint density at radius 3 is 2.38 bits per heavy atom. The smallest absolute Gasteiger partial charge is 0.167 e. The van der Waals surface area contributed by atoms with Crippen LogP contribution < -0.4 is 14.8 Å². The van der Waals surface area contributed by atoms with Crippen molar-refractivity contribution >= 4 is 0 Å². The van der Waals surface area contributed by atoms with Crippen LogP contribution in [0.15, 0.2) is 12.1 Å². The number of benzene rings is 1. The number of nitrogens with one attached hydrogen (secondary N) is 1. The molecule has 1 heterocycles. The summed E-state index contributed by atoms with van der Waals surface area (Å²) in [5.41, 5.74) is 0.114. The van der Waals surface area contributed by atoms with Crippen LogP contribution in [-0.4, -0.2) is 45.3 Å². The third-order valence-corrected chi connectivity index (χ3v) is 3.79. The summed E-state index contributed by atoms with van der Waals surface area (Å²) in [5.74, 6) is 1.07. The maximum atomic E-state index is 14.5. The molecule has 21 heavy (non-hydrogen) atoms. The van der Waals surface area contributed by atoms with Crippen LogP contribution in [0, 0.1) is 0 Å². The van der Waals surface area contributed by atoms with E-state index < -0.39 is 5.67 Å². The first-order valence-electron chi connectivity index (χ1n) is 7.33. The molecule has 0 unspecified atom stereocenters. The van der Waals surface area contributed by atoms with Gasteiger partial charge in [-0.2, -0.15) is 0 Å². The van der Waals surface area contributed by atoms with E-state index >= 15 is 0 Å². The first kappa shape index (κ1) is 16.0. The molecule has 0 aromatic heterocycles. The maximum absolute atomic E-state index is 14.5. The van der Waals surface area contributed by atoms with Gasteiger partial charge < -0.3 is 14.8 Å². The van der Waals surface area contributed by atoms with Gasteiger partial charge in [-0.25, -0.2) is 4.39 Å². The Bertz CT molecular complexity index is 480. The average Bonchev–Trinajstić information content (AvgIpc) is 2.46. The lowest BCUT2D eigenvalue weighted by Crippen LogP contribution is -2.42. The number of hydrogen-bond acceptors (Lipinski definition) is 4. The lowest BCUT2D eigenvalue weighted by Gasteiger charge is -2.28. The van der Waals surface area contributed by atoms with Crippen LogP contribution in [-0.2, 0) is 12.2 Å². The number of nitrogens with zero attached hydrogens (tertiary/aromatic N) is 1. The van der Waals surface area contributed by atoms with E-state index in [-0.39, 0.29) is 0 Å². The molecular weight excluding hydrogens is 271 g/mol. The molecule has 1 saturated heterocycles. The van der Waals surface area contributed by atoms with Gasteiger partial charge in [-0.15, -0.1) is 0 Å². The minimum absolute atomic E-state index is 0.481. The lowest BCUT2D eigenvalue weighted by atomic mass is 9.96. The van der Waals surface area contributed by atoms with E-state index in [2.05, 4.69) is 10.2 Å². The quantitative estimate of drug-likeness (QED) is 0.904. The summed E-state index contributed by atoms with van der Waals surface area (Å²) >= 11 is 0. The lowest BCUT2D eigenvalue weighted by molar-refractivity contribution is 0.209. The Kier molecular flexibility index (Phi) is 5.06. The zero-order valence-electron chi connectivity index (χ0n) is 13.3. The van der Waals surface area contributed by atoms with Crippen molar-refractivity contribution in [3.63, 3.8) is 0 Å². The van der Waals surface area contributed by atoms with Gasteiger partial charge in [0, 0.05) is 38.3 Å². The van der Waals surface area contributed by atoms with Gasteiger partial charge in [-0.1, -0.05) is 0 Å². The molecule has 1 N–H and O–H groups in total. The highest BCUT2D eigenvalue weighted by Crippen LogP contribution is 2.40. The van der Waals surface area contributed by atoms with Crippen LogP contribution in [0.25, 0.3) is 0 Å². The monoisotopic (exact) mass is 296 g/mol. The van der Waals surface area contributed by atoms with Gasteiger partial charge in [-0.3, -0.25) is 4.90 Å². The molecule has 0 saturated carbocycles. The maximum Gasteiger partial charge on any atom is 0.167 e. The zero-order valence-corrected chi connectivity index (χ0v) is 13.3. The fraction of sp³-hybridized carbons (Fsp3) is 0.625. The predicted octanol–water partition coefficient (Wildman–Crippen LogP) is 2.31. The van der Waals surface area contributed by atoms with E-state index in [0.29, 0.717) is 17.1 Å². The molecule has 0 spiro atoms. The molecule has 118 valence electrons. The van der Waals surface area contributed by atoms with Crippen LogP contribution in [0.4, 0.5) is 4.39 Å². The summed E-state index contributed by atoms with van der Waals surface area (Å²) in [5, 5.41) is 3.33. The number of rotatable bonds is 5. The van der Waals surface area contributed by atoms with E-state index in [0.717, 1.165) is 38.3 Å². The van der Waals surface area contributed by atoms with E-state index in [4.69, 9.17) is 9.47 Å². The number of methoxy groups -OCH3 is 2. The van der Waals surface area contributed by atoms with Crippen molar-refractivity contribution in [3.05, 3.63) is 23.3 Å². The molecule has 1 aliphatic rings. The van der Waals surface area contributed by atoms with E-state index in [1.165, 1.54) is 0 Å². The van der Waals surface area contributed by atoms with Crippen LogP contribution in [0.3, 0.4) is 0 Å². The number of hydrogen-bond donors (Lipinski definition) is 1. The molecule has 5 heteroatoms. The normalized spacial score (nSPS) is 16.8. The number of halogens is 1. The molecule has 0 aliphatic carbocycles. The molecule has 0 radical (unpaired) electrons. The molecule has 0 amide bonds. The Morgan fingerprint density at radius 1 is 1.19 bits per heavy atom. The molecule has 2 rings (SSSR count). The summed E-state index contributed by atoms with van der Waals surface area (Å²) < 4.78 is 25.2. The highest BCUT2D eigenvalue weighted by Gasteiger charge is 2.27. The summed E-state index contributed by atoms with van der Waals surface area (Å²) in [6, 6.07) is 3.83. The van der Waals surface area contributed by atoms with Crippen molar-refractivity contribution in [1.82, 2.24) is 10.2 Å². The van der Waals surface area contributed by atoms with Crippen molar-refractivity contribution in [2.24, 2.45) is 0 Å². The van der Waals surface area contributed by atoms with E-state index in [1.54, 1.807) is 28.1 Å². The van der Waals surface area contributed by atoms with Gasteiger partial charge in [0.15, 0.2) is 11.5 Å². The van der Waals surface area contributed by atoms with Crippen molar-refractivity contribution in [1.29, 1.82) is 0 Å². The van der Waals surface area contributed by atoms with E-state index in [1.807, 2.05) is 12.1 Å². The first-order chi connectivity index (χ1) is 9.95. The summed E-state index contributed by atoms with van der Waals surface area (Å²) in [6.45, 7) is 7.87. The standard InChI is InChI=1S/C16H25FN2O2/c1-16(2,17)13-9-12(10-14(20-3)15(13)21-4)11-19-7-5-18-6-8-19/h9-10,18H,5-8,11H2,1-4H3. The highest BCUT2D eigenvalue weighted by atomic mass is 19.1. The largest absolute Gasteiger partial charge is 0.493 e. The molecular formula is C16H25FN2O2. The second-order valence-electron chi connectivity index (χ2n) is 5.88. The number of alkyl halides is 1. The molecule has 1 aromatic carbocycles. The summed E-state index contributed by atoms with van der Waals surface area (Å²) in [4.78, 5) is 2.35. The van der Waals surface area contributed by atoms with Crippen molar-refractivity contribution in [2.45, 2.75) is 26.1 Å². The van der Waals surface area contributed by atoms with Gasteiger partial charge in [0.1, 0.15) is 5.67 Å². The molecule has 1 aromatic rings. The van der Waals surface area contributed by atoms with Crippen molar-refractivity contribution in [3.8, 4) is 11.5 Å². The predicted molar refractivity (Wildman–Crippen MR) is 81.8 cm³/mol. The average molecular weight is 296 g/mol. The second-order valence-corrected chi connectivity index (χ2v) is 5.88. The van der Waals surface area contributed by atoms with Crippen molar-refractivity contribution in [2.75, 3.05) is 40.4 Å². The van der Waals surface area contributed by atoms with Gasteiger partial charge in [0.05, 0.1) is 14.2 Å². The Morgan fingerprint density at radius 2 is 1.86 bits per heavy atom. The van der Waals surface area contributed by atoms with E-state index in [9.17, 15) is 4.39 Å². The fourth-order valence-electron chi connectivity index (χ4n) is 2.68. The fourth-order valence-corrected chi connectivity index (χ4v) is 2.68. The molecule has 1 aliphatic heterocycles. The SMILES string of the molecule is COc1cc(CN2CCNCC2)cc(C(C)(C)F)c1OC. The van der Waals surface area contributed by atoms with Crippen molar-refractivity contribution < 1.29 is 13.9 Å². The Labute approximate surface area is 126 Å². The molecule has 4 nitrogen and oxygen atoms in total.